The molecular formula is C16H23N3. The van der Waals surface area contributed by atoms with Gasteiger partial charge in [0.1, 0.15) is 0 Å². The molecule has 1 aromatic heterocycles. The van der Waals surface area contributed by atoms with Crippen molar-refractivity contribution in [2.45, 2.75) is 39.3 Å². The number of benzene rings is 1. The predicted octanol–water partition coefficient (Wildman–Crippen LogP) is 3.39. The molecule has 0 bridgehead atoms. The van der Waals surface area contributed by atoms with Crippen LogP contribution in [0.1, 0.15) is 49.6 Å². The summed E-state index contributed by atoms with van der Waals surface area (Å²) in [5.41, 5.74) is 3.80. The lowest BCUT2D eigenvalue weighted by atomic mass is 10.1. The van der Waals surface area contributed by atoms with Crippen LogP contribution < -0.4 is 5.32 Å². The van der Waals surface area contributed by atoms with E-state index in [-0.39, 0.29) is 0 Å². The molecule has 0 saturated heterocycles. The smallest absolute Gasteiger partial charge is 0.0694 e. The number of hydrogen-bond donors (Lipinski definition) is 1. The van der Waals surface area contributed by atoms with Gasteiger partial charge in [-0.2, -0.15) is 5.10 Å². The van der Waals surface area contributed by atoms with E-state index in [1.54, 1.807) is 0 Å². The monoisotopic (exact) mass is 257 g/mol. The molecule has 3 heteroatoms. The van der Waals surface area contributed by atoms with Gasteiger partial charge < -0.3 is 5.32 Å². The zero-order valence-electron chi connectivity index (χ0n) is 12.2. The number of nitrogens with zero attached hydrogens (tertiary/aromatic N) is 2. The molecule has 0 amide bonds. The maximum atomic E-state index is 4.54. The molecule has 1 N–H and O–H groups in total. The van der Waals surface area contributed by atoms with E-state index < -0.39 is 0 Å². The Morgan fingerprint density at radius 3 is 2.47 bits per heavy atom. The van der Waals surface area contributed by atoms with Gasteiger partial charge in [0.15, 0.2) is 0 Å². The molecule has 0 radical (unpaired) electrons. The van der Waals surface area contributed by atoms with E-state index in [4.69, 9.17) is 0 Å². The third kappa shape index (κ3) is 3.44. The van der Waals surface area contributed by atoms with E-state index in [1.807, 2.05) is 17.8 Å². The summed E-state index contributed by atoms with van der Waals surface area (Å²) in [4.78, 5) is 0. The highest BCUT2D eigenvalue weighted by Gasteiger charge is 2.12. The normalized spacial score (nSPS) is 12.9. The summed E-state index contributed by atoms with van der Waals surface area (Å²) in [7, 11) is 1.98. The minimum absolute atomic E-state index is 0.349. The van der Waals surface area contributed by atoms with Crippen LogP contribution in [0.2, 0.25) is 0 Å². The molecule has 0 aliphatic carbocycles. The fraction of sp³-hybridized carbons (Fsp3) is 0.438. The SMILES string of the molecule is CC(C)c1nn(C)cc1CN[C@H](C)c1ccccc1. The minimum Gasteiger partial charge on any atom is -0.306 e. The Morgan fingerprint density at radius 2 is 1.84 bits per heavy atom. The Labute approximate surface area is 115 Å². The number of aryl methyl sites for hydroxylation is 1. The van der Waals surface area contributed by atoms with Crippen LogP contribution in [0.5, 0.6) is 0 Å². The molecule has 0 unspecified atom stereocenters. The fourth-order valence-corrected chi connectivity index (χ4v) is 2.30. The van der Waals surface area contributed by atoms with Crippen molar-refractivity contribution in [3.63, 3.8) is 0 Å². The average Bonchev–Trinajstić information content (AvgIpc) is 2.78. The van der Waals surface area contributed by atoms with E-state index in [1.165, 1.54) is 16.8 Å². The Kier molecular flexibility index (Phi) is 4.38. The van der Waals surface area contributed by atoms with Crippen LogP contribution in [0.4, 0.5) is 0 Å². The van der Waals surface area contributed by atoms with Crippen LogP contribution in [0, 0.1) is 0 Å². The summed E-state index contributed by atoms with van der Waals surface area (Å²) in [6.07, 6.45) is 2.11. The number of hydrogen-bond acceptors (Lipinski definition) is 2. The summed E-state index contributed by atoms with van der Waals surface area (Å²) in [6, 6.07) is 10.9. The van der Waals surface area contributed by atoms with Crippen LogP contribution in [-0.4, -0.2) is 9.78 Å². The van der Waals surface area contributed by atoms with Crippen LogP contribution in [0.25, 0.3) is 0 Å². The topological polar surface area (TPSA) is 29.9 Å². The molecule has 1 atom stereocenters. The van der Waals surface area contributed by atoms with Gasteiger partial charge in [-0.15, -0.1) is 0 Å². The predicted molar refractivity (Wildman–Crippen MR) is 79.0 cm³/mol. The summed E-state index contributed by atoms with van der Waals surface area (Å²) >= 11 is 0. The standard InChI is InChI=1S/C16H23N3/c1-12(2)16-15(11-19(4)18-16)10-17-13(3)14-8-6-5-7-9-14/h5-9,11-13,17H,10H2,1-4H3/t13-/m1/s1. The van der Waals surface area contributed by atoms with Crippen molar-refractivity contribution in [2.75, 3.05) is 0 Å². The summed E-state index contributed by atoms with van der Waals surface area (Å²) < 4.78 is 1.90. The first-order valence-electron chi connectivity index (χ1n) is 6.88. The number of nitrogens with one attached hydrogen (secondary N) is 1. The highest BCUT2D eigenvalue weighted by atomic mass is 15.3. The van der Waals surface area contributed by atoms with E-state index in [0.29, 0.717) is 12.0 Å². The van der Waals surface area contributed by atoms with Crippen molar-refractivity contribution in [3.05, 3.63) is 53.3 Å². The Hall–Kier alpha value is -1.61. The second-order valence-electron chi connectivity index (χ2n) is 5.38. The van der Waals surface area contributed by atoms with Gasteiger partial charge in [0.05, 0.1) is 5.69 Å². The fourth-order valence-electron chi connectivity index (χ4n) is 2.30. The second kappa shape index (κ2) is 6.02. The van der Waals surface area contributed by atoms with Crippen molar-refractivity contribution in [1.82, 2.24) is 15.1 Å². The van der Waals surface area contributed by atoms with Gasteiger partial charge in [0.25, 0.3) is 0 Å². The van der Waals surface area contributed by atoms with Crippen LogP contribution >= 0.6 is 0 Å². The molecule has 1 heterocycles. The lowest BCUT2D eigenvalue weighted by Crippen LogP contribution is -2.18. The highest BCUT2D eigenvalue weighted by Crippen LogP contribution is 2.18. The first-order valence-corrected chi connectivity index (χ1v) is 6.88. The molecule has 2 rings (SSSR count). The quantitative estimate of drug-likeness (QED) is 0.889. The van der Waals surface area contributed by atoms with Crippen molar-refractivity contribution < 1.29 is 0 Å². The van der Waals surface area contributed by atoms with Gasteiger partial charge in [-0.25, -0.2) is 0 Å². The zero-order chi connectivity index (χ0) is 13.8. The van der Waals surface area contributed by atoms with Gasteiger partial charge in [0, 0.05) is 31.4 Å². The van der Waals surface area contributed by atoms with Gasteiger partial charge in [0.2, 0.25) is 0 Å². The molecule has 1 aromatic carbocycles. The summed E-state index contributed by atoms with van der Waals surface area (Å²) in [6.45, 7) is 7.43. The molecule has 2 aromatic rings. The lowest BCUT2D eigenvalue weighted by Gasteiger charge is -2.14. The second-order valence-corrected chi connectivity index (χ2v) is 5.38. The molecule has 0 fully saturated rings. The van der Waals surface area contributed by atoms with Crippen molar-refractivity contribution in [3.8, 4) is 0 Å². The molecule has 0 saturated carbocycles. The lowest BCUT2D eigenvalue weighted by molar-refractivity contribution is 0.570. The third-order valence-electron chi connectivity index (χ3n) is 3.38. The maximum absolute atomic E-state index is 4.54. The van der Waals surface area contributed by atoms with E-state index in [0.717, 1.165) is 6.54 Å². The van der Waals surface area contributed by atoms with Crippen LogP contribution in [-0.2, 0) is 13.6 Å². The first kappa shape index (κ1) is 13.8. The maximum Gasteiger partial charge on any atom is 0.0694 e. The van der Waals surface area contributed by atoms with Gasteiger partial charge >= 0.3 is 0 Å². The number of aromatic nitrogens is 2. The molecule has 102 valence electrons. The largest absolute Gasteiger partial charge is 0.306 e. The van der Waals surface area contributed by atoms with E-state index in [9.17, 15) is 0 Å². The zero-order valence-corrected chi connectivity index (χ0v) is 12.2. The summed E-state index contributed by atoms with van der Waals surface area (Å²) in [5.74, 6) is 0.463. The minimum atomic E-state index is 0.349. The molecule has 0 aliphatic rings. The summed E-state index contributed by atoms with van der Waals surface area (Å²) in [5, 5.41) is 8.11. The van der Waals surface area contributed by atoms with Gasteiger partial charge in [-0.1, -0.05) is 44.2 Å². The molecule has 0 spiro atoms. The van der Waals surface area contributed by atoms with E-state index in [2.05, 4.69) is 61.6 Å². The Balaban J connectivity index is 2.03. The molecule has 3 nitrogen and oxygen atoms in total. The molecule has 0 aliphatic heterocycles. The molecule has 19 heavy (non-hydrogen) atoms. The average molecular weight is 257 g/mol. The van der Waals surface area contributed by atoms with Crippen molar-refractivity contribution >= 4 is 0 Å². The van der Waals surface area contributed by atoms with Crippen LogP contribution in [0.15, 0.2) is 36.5 Å². The number of rotatable bonds is 5. The van der Waals surface area contributed by atoms with Gasteiger partial charge in [-0.3, -0.25) is 4.68 Å². The van der Waals surface area contributed by atoms with Crippen LogP contribution in [0.3, 0.4) is 0 Å². The third-order valence-corrected chi connectivity index (χ3v) is 3.38. The highest BCUT2D eigenvalue weighted by molar-refractivity contribution is 5.22. The molecular weight excluding hydrogens is 234 g/mol. The van der Waals surface area contributed by atoms with Gasteiger partial charge in [-0.05, 0) is 18.4 Å². The van der Waals surface area contributed by atoms with Crippen molar-refractivity contribution in [1.29, 1.82) is 0 Å². The first-order chi connectivity index (χ1) is 9.08. The van der Waals surface area contributed by atoms with E-state index >= 15 is 0 Å². The Morgan fingerprint density at radius 1 is 1.16 bits per heavy atom. The Bertz CT molecular complexity index is 514. The van der Waals surface area contributed by atoms with Crippen molar-refractivity contribution in [2.24, 2.45) is 7.05 Å².